The van der Waals surface area contributed by atoms with Crippen molar-refractivity contribution in [3.63, 3.8) is 0 Å². The molecule has 0 saturated carbocycles. The van der Waals surface area contributed by atoms with E-state index in [9.17, 15) is 0 Å². The fourth-order valence-corrected chi connectivity index (χ4v) is 3.73. The van der Waals surface area contributed by atoms with Gasteiger partial charge in [0.05, 0.1) is 11.7 Å². The normalized spacial score (nSPS) is 19.6. The first kappa shape index (κ1) is 14.9. The van der Waals surface area contributed by atoms with Crippen molar-refractivity contribution in [1.29, 1.82) is 0 Å². The molecule has 1 unspecified atom stereocenters. The SMILES string of the molecule is CCCC(c1nc(C(C)(C)C)cs1)N1CCNCC1. The van der Waals surface area contributed by atoms with Crippen LogP contribution in [0.2, 0.25) is 0 Å². The molecular weight excluding hydrogens is 254 g/mol. The molecule has 0 spiro atoms. The maximum absolute atomic E-state index is 4.93. The smallest absolute Gasteiger partial charge is 0.110 e. The zero-order chi connectivity index (χ0) is 13.9. The van der Waals surface area contributed by atoms with Crippen molar-refractivity contribution in [2.75, 3.05) is 26.2 Å². The molecule has 0 radical (unpaired) electrons. The second-order valence-corrected chi connectivity index (χ2v) is 7.30. The lowest BCUT2D eigenvalue weighted by Crippen LogP contribution is -2.45. The minimum atomic E-state index is 0.162. The molecule has 0 aromatic carbocycles. The van der Waals surface area contributed by atoms with Crippen LogP contribution in [0, 0.1) is 0 Å². The molecule has 1 aromatic rings. The summed E-state index contributed by atoms with van der Waals surface area (Å²) in [5.41, 5.74) is 1.40. The molecule has 4 heteroatoms. The standard InChI is InChI=1S/C15H27N3S/c1-5-6-12(18-9-7-16-8-10-18)14-17-13(11-19-14)15(2,3)4/h11-12,16H,5-10H2,1-4H3. The van der Waals surface area contributed by atoms with Crippen molar-refractivity contribution >= 4 is 11.3 Å². The molecule has 108 valence electrons. The summed E-state index contributed by atoms with van der Waals surface area (Å²) in [5.74, 6) is 0. The highest BCUT2D eigenvalue weighted by Crippen LogP contribution is 2.32. The monoisotopic (exact) mass is 281 g/mol. The molecular formula is C15H27N3S. The van der Waals surface area contributed by atoms with Gasteiger partial charge in [0.1, 0.15) is 5.01 Å². The highest BCUT2D eigenvalue weighted by atomic mass is 32.1. The summed E-state index contributed by atoms with van der Waals surface area (Å²) in [5, 5.41) is 7.00. The van der Waals surface area contributed by atoms with Gasteiger partial charge in [-0.25, -0.2) is 4.98 Å². The molecule has 19 heavy (non-hydrogen) atoms. The van der Waals surface area contributed by atoms with Crippen LogP contribution in [0.1, 0.15) is 57.3 Å². The van der Waals surface area contributed by atoms with Gasteiger partial charge >= 0.3 is 0 Å². The van der Waals surface area contributed by atoms with Crippen LogP contribution < -0.4 is 5.32 Å². The van der Waals surface area contributed by atoms with Crippen LogP contribution in [0.15, 0.2) is 5.38 Å². The number of aromatic nitrogens is 1. The second kappa shape index (κ2) is 6.33. The predicted molar refractivity (Wildman–Crippen MR) is 82.9 cm³/mol. The van der Waals surface area contributed by atoms with Gasteiger partial charge < -0.3 is 5.32 Å². The van der Waals surface area contributed by atoms with E-state index in [4.69, 9.17) is 4.98 Å². The van der Waals surface area contributed by atoms with E-state index < -0.39 is 0 Å². The number of piperazine rings is 1. The van der Waals surface area contributed by atoms with Gasteiger partial charge in [0, 0.05) is 37.0 Å². The maximum atomic E-state index is 4.93. The first-order valence-electron chi connectivity index (χ1n) is 7.43. The van der Waals surface area contributed by atoms with E-state index in [1.165, 1.54) is 23.5 Å². The molecule has 0 amide bonds. The highest BCUT2D eigenvalue weighted by molar-refractivity contribution is 7.09. The topological polar surface area (TPSA) is 28.2 Å². The largest absolute Gasteiger partial charge is 0.314 e. The molecule has 1 fully saturated rings. The Morgan fingerprint density at radius 1 is 1.37 bits per heavy atom. The third kappa shape index (κ3) is 3.77. The third-order valence-electron chi connectivity index (χ3n) is 3.73. The highest BCUT2D eigenvalue weighted by Gasteiger charge is 2.26. The minimum Gasteiger partial charge on any atom is -0.314 e. The van der Waals surface area contributed by atoms with Crippen molar-refractivity contribution in [2.45, 2.75) is 52.0 Å². The summed E-state index contributed by atoms with van der Waals surface area (Å²) in [6.07, 6.45) is 2.44. The second-order valence-electron chi connectivity index (χ2n) is 6.41. The number of nitrogens with zero attached hydrogens (tertiary/aromatic N) is 2. The van der Waals surface area contributed by atoms with E-state index in [1.807, 2.05) is 11.3 Å². The average Bonchev–Trinajstić information content (AvgIpc) is 2.86. The zero-order valence-corrected chi connectivity index (χ0v) is 13.5. The average molecular weight is 281 g/mol. The Morgan fingerprint density at radius 2 is 2.05 bits per heavy atom. The Labute approximate surface area is 121 Å². The van der Waals surface area contributed by atoms with Gasteiger partial charge in [-0.15, -0.1) is 11.3 Å². The minimum absolute atomic E-state index is 0.162. The van der Waals surface area contributed by atoms with Gasteiger partial charge in [-0.1, -0.05) is 34.1 Å². The molecule has 1 N–H and O–H groups in total. The number of rotatable bonds is 4. The first-order chi connectivity index (χ1) is 9.02. The van der Waals surface area contributed by atoms with Gasteiger partial charge in [-0.3, -0.25) is 4.90 Å². The van der Waals surface area contributed by atoms with Crippen LogP contribution in [0.25, 0.3) is 0 Å². The maximum Gasteiger partial charge on any atom is 0.110 e. The van der Waals surface area contributed by atoms with E-state index in [0.717, 1.165) is 26.2 Å². The van der Waals surface area contributed by atoms with Gasteiger partial charge in [-0.05, 0) is 6.42 Å². The molecule has 1 aromatic heterocycles. The summed E-state index contributed by atoms with van der Waals surface area (Å²) in [6, 6.07) is 0.521. The number of hydrogen-bond acceptors (Lipinski definition) is 4. The van der Waals surface area contributed by atoms with Gasteiger partial charge in [0.2, 0.25) is 0 Å². The Bertz CT molecular complexity index is 388. The van der Waals surface area contributed by atoms with Gasteiger partial charge in [0.25, 0.3) is 0 Å². The van der Waals surface area contributed by atoms with Crippen LogP contribution in [0.4, 0.5) is 0 Å². The Hall–Kier alpha value is -0.450. The van der Waals surface area contributed by atoms with Crippen molar-refractivity contribution in [3.8, 4) is 0 Å². The van der Waals surface area contributed by atoms with Crippen LogP contribution in [0.3, 0.4) is 0 Å². The van der Waals surface area contributed by atoms with E-state index in [-0.39, 0.29) is 5.41 Å². The Kier molecular flexibility index (Phi) is 4.98. The number of nitrogens with one attached hydrogen (secondary N) is 1. The first-order valence-corrected chi connectivity index (χ1v) is 8.31. The summed E-state index contributed by atoms with van der Waals surface area (Å²) >= 11 is 1.84. The lowest BCUT2D eigenvalue weighted by molar-refractivity contribution is 0.164. The fraction of sp³-hybridized carbons (Fsp3) is 0.800. The third-order valence-corrected chi connectivity index (χ3v) is 4.68. The molecule has 1 atom stereocenters. The van der Waals surface area contributed by atoms with E-state index in [2.05, 4.69) is 43.3 Å². The van der Waals surface area contributed by atoms with Crippen LogP contribution in [-0.2, 0) is 5.41 Å². The van der Waals surface area contributed by atoms with E-state index in [0.29, 0.717) is 6.04 Å². The summed E-state index contributed by atoms with van der Waals surface area (Å²) in [4.78, 5) is 7.53. The van der Waals surface area contributed by atoms with Crippen molar-refractivity contribution in [3.05, 3.63) is 16.1 Å². The van der Waals surface area contributed by atoms with Gasteiger partial charge in [0.15, 0.2) is 0 Å². The Balaban J connectivity index is 2.16. The molecule has 0 aliphatic carbocycles. The summed E-state index contributed by atoms with van der Waals surface area (Å²) < 4.78 is 0. The molecule has 2 heterocycles. The fourth-order valence-electron chi connectivity index (χ4n) is 2.51. The van der Waals surface area contributed by atoms with E-state index in [1.54, 1.807) is 0 Å². The van der Waals surface area contributed by atoms with Crippen LogP contribution in [0.5, 0.6) is 0 Å². The van der Waals surface area contributed by atoms with Crippen molar-refractivity contribution < 1.29 is 0 Å². The predicted octanol–water partition coefficient (Wildman–Crippen LogP) is 3.19. The molecule has 1 aliphatic rings. The van der Waals surface area contributed by atoms with Gasteiger partial charge in [-0.2, -0.15) is 0 Å². The lowest BCUT2D eigenvalue weighted by Gasteiger charge is -2.33. The molecule has 2 rings (SSSR count). The van der Waals surface area contributed by atoms with Crippen LogP contribution in [-0.4, -0.2) is 36.1 Å². The molecule has 0 bridgehead atoms. The quantitative estimate of drug-likeness (QED) is 0.918. The number of hydrogen-bond donors (Lipinski definition) is 1. The number of thiazole rings is 1. The zero-order valence-electron chi connectivity index (χ0n) is 12.7. The Morgan fingerprint density at radius 3 is 2.58 bits per heavy atom. The molecule has 1 saturated heterocycles. The van der Waals surface area contributed by atoms with E-state index >= 15 is 0 Å². The van der Waals surface area contributed by atoms with Crippen molar-refractivity contribution in [1.82, 2.24) is 15.2 Å². The summed E-state index contributed by atoms with van der Waals surface area (Å²) in [7, 11) is 0. The lowest BCUT2D eigenvalue weighted by atomic mass is 9.93. The van der Waals surface area contributed by atoms with Crippen LogP contribution >= 0.6 is 11.3 Å². The summed E-state index contributed by atoms with van der Waals surface area (Å²) in [6.45, 7) is 13.5. The van der Waals surface area contributed by atoms with Crippen molar-refractivity contribution in [2.24, 2.45) is 0 Å². The molecule has 3 nitrogen and oxygen atoms in total. The molecule has 1 aliphatic heterocycles.